The molecule has 8 nitrogen and oxygen atoms in total. The number of methoxy groups -OCH3 is 4. The molecule has 0 bridgehead atoms. The molecule has 160 valence electrons. The lowest BCUT2D eigenvalue weighted by Gasteiger charge is -2.29. The molecule has 2 aromatic carbocycles. The van der Waals surface area contributed by atoms with Gasteiger partial charge in [-0.15, -0.1) is 0 Å². The van der Waals surface area contributed by atoms with Crippen molar-refractivity contribution in [1.29, 1.82) is 0 Å². The molecule has 1 aliphatic rings. The summed E-state index contributed by atoms with van der Waals surface area (Å²) in [7, 11) is 2.55. The van der Waals surface area contributed by atoms with E-state index in [9.17, 15) is 13.2 Å². The fourth-order valence-corrected chi connectivity index (χ4v) is 4.48. The summed E-state index contributed by atoms with van der Waals surface area (Å²) in [5, 5.41) is 1.13. The van der Waals surface area contributed by atoms with Gasteiger partial charge in [0.2, 0.25) is 0 Å². The van der Waals surface area contributed by atoms with Gasteiger partial charge in [0, 0.05) is 23.1 Å². The smallest absolute Gasteiger partial charge is 0.259 e. The Morgan fingerprint density at radius 2 is 1.53 bits per heavy atom. The maximum atomic E-state index is 13.6. The highest BCUT2D eigenvalue weighted by Crippen LogP contribution is 2.36. The third kappa shape index (κ3) is 4.35. The number of benzene rings is 2. The second-order valence-electron chi connectivity index (χ2n) is 6.54. The number of rotatable bonds is 7. The molecule has 0 fully saturated rings. The molecule has 0 spiro atoms. The highest BCUT2D eigenvalue weighted by molar-refractivity contribution is 7.94. The van der Waals surface area contributed by atoms with Crippen LogP contribution in [-0.2, 0) is 9.84 Å². The van der Waals surface area contributed by atoms with Crippen LogP contribution in [0.5, 0.6) is 23.0 Å². The van der Waals surface area contributed by atoms with E-state index in [4.69, 9.17) is 18.9 Å². The average molecular weight is 433 g/mol. The van der Waals surface area contributed by atoms with Gasteiger partial charge in [0.05, 0.1) is 45.9 Å². The molecule has 1 aliphatic heterocycles. The van der Waals surface area contributed by atoms with Gasteiger partial charge < -0.3 is 18.9 Å². The molecule has 1 heterocycles. The Labute approximate surface area is 175 Å². The van der Waals surface area contributed by atoms with Crippen LogP contribution < -0.4 is 23.8 Å². The topological polar surface area (TPSA) is 91.4 Å². The highest BCUT2D eigenvalue weighted by Gasteiger charge is 2.34. The number of carbonyl (C=O) groups excluding carboxylic acids is 1. The van der Waals surface area contributed by atoms with Crippen molar-refractivity contribution in [3.05, 3.63) is 53.4 Å². The Bertz CT molecular complexity index is 1060. The number of carbonyl (C=O) groups is 1. The zero-order valence-corrected chi connectivity index (χ0v) is 17.9. The fraction of sp³-hybridized carbons (Fsp3) is 0.286. The van der Waals surface area contributed by atoms with Crippen LogP contribution in [0.1, 0.15) is 10.4 Å². The summed E-state index contributed by atoms with van der Waals surface area (Å²) < 4.78 is 45.4. The monoisotopic (exact) mass is 433 g/mol. The van der Waals surface area contributed by atoms with Crippen LogP contribution in [-0.4, -0.2) is 54.6 Å². The minimum Gasteiger partial charge on any atom is -0.497 e. The van der Waals surface area contributed by atoms with Crippen LogP contribution in [0.4, 0.5) is 5.69 Å². The largest absolute Gasteiger partial charge is 0.497 e. The molecule has 0 radical (unpaired) electrons. The van der Waals surface area contributed by atoms with Crippen LogP contribution in [0.15, 0.2) is 47.9 Å². The SMILES string of the molecule is COc1cc(OC)cc(C(=O)N(c2ccc(OC)cc2OC)C2C=CS(=O)(=O)C2)c1. The molecule has 1 atom stereocenters. The first kappa shape index (κ1) is 21.5. The molecule has 0 saturated carbocycles. The molecule has 0 aromatic heterocycles. The Morgan fingerprint density at radius 1 is 0.900 bits per heavy atom. The van der Waals surface area contributed by atoms with Crippen molar-refractivity contribution in [3.63, 3.8) is 0 Å². The predicted molar refractivity (Wildman–Crippen MR) is 113 cm³/mol. The second-order valence-corrected chi connectivity index (χ2v) is 8.47. The van der Waals surface area contributed by atoms with Gasteiger partial charge in [-0.3, -0.25) is 9.69 Å². The fourth-order valence-electron chi connectivity index (χ4n) is 3.21. The summed E-state index contributed by atoms with van der Waals surface area (Å²) >= 11 is 0. The highest BCUT2D eigenvalue weighted by atomic mass is 32.2. The van der Waals surface area contributed by atoms with Gasteiger partial charge in [0.25, 0.3) is 5.91 Å². The quantitative estimate of drug-likeness (QED) is 0.663. The van der Waals surface area contributed by atoms with E-state index in [-0.39, 0.29) is 11.3 Å². The Balaban J connectivity index is 2.14. The summed E-state index contributed by atoms with van der Waals surface area (Å²) in [5.74, 6) is 1.14. The molecular formula is C21H23NO7S. The van der Waals surface area contributed by atoms with Crippen LogP contribution in [0, 0.1) is 0 Å². The van der Waals surface area contributed by atoms with Crippen molar-refractivity contribution in [2.45, 2.75) is 6.04 Å². The van der Waals surface area contributed by atoms with Gasteiger partial charge in [-0.1, -0.05) is 0 Å². The van der Waals surface area contributed by atoms with Gasteiger partial charge in [0.1, 0.15) is 23.0 Å². The lowest BCUT2D eigenvalue weighted by molar-refractivity contribution is 0.0981. The second kappa shape index (κ2) is 8.66. The van der Waals surface area contributed by atoms with Crippen molar-refractivity contribution >= 4 is 21.4 Å². The first-order valence-electron chi connectivity index (χ1n) is 9.01. The van der Waals surface area contributed by atoms with E-state index in [2.05, 4.69) is 0 Å². The predicted octanol–water partition coefficient (Wildman–Crippen LogP) is 2.68. The third-order valence-electron chi connectivity index (χ3n) is 4.71. The third-order valence-corrected chi connectivity index (χ3v) is 6.08. The first-order chi connectivity index (χ1) is 14.3. The Kier molecular flexibility index (Phi) is 6.21. The normalized spacial score (nSPS) is 16.7. The van der Waals surface area contributed by atoms with E-state index in [1.807, 2.05) is 0 Å². The first-order valence-corrected chi connectivity index (χ1v) is 10.7. The maximum Gasteiger partial charge on any atom is 0.259 e. The molecule has 1 amide bonds. The number of amides is 1. The zero-order chi connectivity index (χ0) is 21.9. The van der Waals surface area contributed by atoms with Crippen molar-refractivity contribution in [2.24, 2.45) is 0 Å². The molecule has 0 saturated heterocycles. The van der Waals surface area contributed by atoms with E-state index >= 15 is 0 Å². The standard InChI is InChI=1S/C21H23NO7S/c1-26-16-5-6-19(20(12-16)29-4)22(15-7-8-30(24,25)13-15)21(23)14-9-17(27-2)11-18(10-14)28-3/h5-12,15H,13H2,1-4H3. The summed E-state index contributed by atoms with van der Waals surface area (Å²) in [5.41, 5.74) is 0.693. The number of sulfone groups is 1. The Morgan fingerprint density at radius 3 is 2.03 bits per heavy atom. The molecule has 0 aliphatic carbocycles. The van der Waals surface area contributed by atoms with Gasteiger partial charge in [-0.25, -0.2) is 8.42 Å². The van der Waals surface area contributed by atoms with Crippen LogP contribution >= 0.6 is 0 Å². The number of hydrogen-bond acceptors (Lipinski definition) is 7. The number of nitrogens with zero attached hydrogens (tertiary/aromatic N) is 1. The van der Waals surface area contributed by atoms with Crippen LogP contribution in [0.3, 0.4) is 0 Å². The van der Waals surface area contributed by atoms with E-state index < -0.39 is 21.8 Å². The minimum atomic E-state index is -3.41. The molecule has 1 unspecified atom stereocenters. The average Bonchev–Trinajstić information content (AvgIpc) is 3.12. The number of hydrogen-bond donors (Lipinski definition) is 0. The van der Waals surface area contributed by atoms with E-state index in [0.29, 0.717) is 28.7 Å². The maximum absolute atomic E-state index is 13.6. The van der Waals surface area contributed by atoms with Crippen molar-refractivity contribution < 1.29 is 32.2 Å². The molecule has 2 aromatic rings. The van der Waals surface area contributed by atoms with Crippen molar-refractivity contribution in [2.75, 3.05) is 39.1 Å². The summed E-state index contributed by atoms with van der Waals surface area (Å²) in [6.07, 6.45) is 1.49. The van der Waals surface area contributed by atoms with Gasteiger partial charge >= 0.3 is 0 Å². The van der Waals surface area contributed by atoms with Gasteiger partial charge in [0.15, 0.2) is 9.84 Å². The number of ether oxygens (including phenoxy) is 4. The van der Waals surface area contributed by atoms with Crippen molar-refractivity contribution in [1.82, 2.24) is 0 Å². The van der Waals surface area contributed by atoms with Gasteiger partial charge in [-0.2, -0.15) is 0 Å². The lowest BCUT2D eigenvalue weighted by Crippen LogP contribution is -2.41. The zero-order valence-electron chi connectivity index (χ0n) is 17.1. The molecule has 0 N–H and O–H groups in total. The molecular weight excluding hydrogens is 410 g/mol. The van der Waals surface area contributed by atoms with Crippen LogP contribution in [0.25, 0.3) is 0 Å². The summed E-state index contributed by atoms with van der Waals surface area (Å²) in [4.78, 5) is 15.0. The number of anilines is 1. The van der Waals surface area contributed by atoms with Crippen LogP contribution in [0.2, 0.25) is 0 Å². The van der Waals surface area contributed by atoms with Gasteiger partial charge in [-0.05, 0) is 30.3 Å². The van der Waals surface area contributed by atoms with Crippen molar-refractivity contribution in [3.8, 4) is 23.0 Å². The minimum absolute atomic E-state index is 0.227. The molecule has 9 heteroatoms. The Hall–Kier alpha value is -3.20. The van der Waals surface area contributed by atoms with E-state index in [1.165, 1.54) is 39.4 Å². The molecule has 3 rings (SSSR count). The summed E-state index contributed by atoms with van der Waals surface area (Å²) in [6.45, 7) is 0. The van der Waals surface area contributed by atoms with E-state index in [1.54, 1.807) is 36.4 Å². The van der Waals surface area contributed by atoms with E-state index in [0.717, 1.165) is 5.41 Å². The lowest BCUT2D eigenvalue weighted by atomic mass is 10.1. The molecule has 30 heavy (non-hydrogen) atoms. The summed E-state index contributed by atoms with van der Waals surface area (Å²) in [6, 6.07) is 9.05.